The van der Waals surface area contributed by atoms with Gasteiger partial charge in [-0.15, -0.1) is 0 Å². The predicted molar refractivity (Wildman–Crippen MR) is 105 cm³/mol. The zero-order valence-corrected chi connectivity index (χ0v) is 15.0. The molecule has 0 spiro atoms. The lowest BCUT2D eigenvalue weighted by Gasteiger charge is -2.10. The van der Waals surface area contributed by atoms with Crippen LogP contribution < -0.4 is 4.74 Å². The number of carbonyl (C=O) groups excluding carboxylic acids is 1. The van der Waals surface area contributed by atoms with Crippen molar-refractivity contribution >= 4 is 23.8 Å². The second-order valence-electron chi connectivity index (χ2n) is 5.50. The summed E-state index contributed by atoms with van der Waals surface area (Å²) in [4.78, 5) is 23.9. The highest BCUT2D eigenvalue weighted by atomic mass is 32.2. The number of Topliss-reactive ketones (excluding diaryl/α,β-unsaturated/α-hetero) is 1. The average Bonchev–Trinajstić information content (AvgIpc) is 2.69. The summed E-state index contributed by atoms with van der Waals surface area (Å²) in [6.45, 7) is 0. The first-order valence-corrected chi connectivity index (χ1v) is 8.86. The van der Waals surface area contributed by atoms with Gasteiger partial charge in [-0.1, -0.05) is 60.7 Å². The van der Waals surface area contributed by atoms with E-state index in [0.717, 1.165) is 5.56 Å². The summed E-state index contributed by atoms with van der Waals surface area (Å²) in [6, 6.07) is 24.6. The third kappa shape index (κ3) is 5.29. The van der Waals surface area contributed by atoms with Crippen LogP contribution in [0.4, 0.5) is 0 Å². The fourth-order valence-corrected chi connectivity index (χ4v) is 2.79. The molecule has 0 N–H and O–H groups in total. The highest BCUT2D eigenvalue weighted by molar-refractivity contribution is 7.93. The van der Waals surface area contributed by atoms with E-state index in [9.17, 15) is 14.9 Å². The monoisotopic (exact) mass is 377 g/mol. The Labute approximate surface area is 160 Å². The van der Waals surface area contributed by atoms with E-state index in [1.165, 1.54) is 0 Å². The zero-order valence-electron chi connectivity index (χ0n) is 14.1. The molecule has 27 heavy (non-hydrogen) atoms. The number of hydrogen-bond acceptors (Lipinski definition) is 5. The minimum atomic E-state index is -0.477. The summed E-state index contributed by atoms with van der Waals surface area (Å²) < 4.78 is 5.35. The molecule has 3 rings (SSSR count). The fourth-order valence-electron chi connectivity index (χ4n) is 2.36. The van der Waals surface area contributed by atoms with Gasteiger partial charge in [0.2, 0.25) is 5.78 Å². The Kier molecular flexibility index (Phi) is 6.02. The quantitative estimate of drug-likeness (QED) is 0.140. The summed E-state index contributed by atoms with van der Waals surface area (Å²) in [5.41, 5.74) is 1.34. The van der Waals surface area contributed by atoms with Gasteiger partial charge in [-0.3, -0.25) is 14.9 Å². The first-order chi connectivity index (χ1) is 13.1. The van der Waals surface area contributed by atoms with Crippen molar-refractivity contribution < 1.29 is 13.9 Å². The van der Waals surface area contributed by atoms with Gasteiger partial charge in [0, 0.05) is 5.56 Å². The molecule has 0 heterocycles. The SMILES string of the molecule is O=C(C(=Cc1ccccc1)Oc1ccc(S[N+](=O)[O-])cc1)c1ccccc1. The van der Waals surface area contributed by atoms with Crippen LogP contribution in [-0.4, -0.2) is 10.1 Å². The highest BCUT2D eigenvalue weighted by Crippen LogP contribution is 2.24. The van der Waals surface area contributed by atoms with Gasteiger partial charge >= 0.3 is 0 Å². The molecule has 0 fully saturated rings. The first kappa shape index (κ1) is 18.4. The third-order valence-electron chi connectivity index (χ3n) is 3.59. The zero-order chi connectivity index (χ0) is 19.1. The van der Waals surface area contributed by atoms with Crippen LogP contribution >= 0.6 is 11.9 Å². The summed E-state index contributed by atoms with van der Waals surface area (Å²) in [5.74, 6) is 0.347. The van der Waals surface area contributed by atoms with E-state index < -0.39 is 4.33 Å². The maximum Gasteiger partial charge on any atom is 0.265 e. The van der Waals surface area contributed by atoms with Crippen LogP contribution in [0.3, 0.4) is 0 Å². The molecule has 0 aliphatic rings. The number of benzene rings is 3. The standard InChI is InChI=1S/C21H15NO4S/c23-21(17-9-5-2-6-10-17)20(15-16-7-3-1-4-8-16)26-18-11-13-19(14-12-18)27-22(24)25/h1-15H. The van der Waals surface area contributed by atoms with E-state index in [0.29, 0.717) is 28.2 Å². The van der Waals surface area contributed by atoms with Crippen LogP contribution in [0.25, 0.3) is 6.08 Å². The molecule has 0 aromatic heterocycles. The van der Waals surface area contributed by atoms with E-state index in [4.69, 9.17) is 4.74 Å². The molecule has 0 aliphatic heterocycles. The molecular weight excluding hydrogens is 362 g/mol. The van der Waals surface area contributed by atoms with E-state index in [-0.39, 0.29) is 11.5 Å². The van der Waals surface area contributed by atoms with Crippen molar-refractivity contribution in [3.63, 3.8) is 0 Å². The highest BCUT2D eigenvalue weighted by Gasteiger charge is 2.15. The van der Waals surface area contributed by atoms with Crippen LogP contribution in [0.1, 0.15) is 15.9 Å². The van der Waals surface area contributed by atoms with Crippen molar-refractivity contribution in [3.05, 3.63) is 112 Å². The Morgan fingerprint density at radius 2 is 1.48 bits per heavy atom. The lowest BCUT2D eigenvalue weighted by Crippen LogP contribution is -2.09. The van der Waals surface area contributed by atoms with Gasteiger partial charge in [-0.25, -0.2) is 0 Å². The van der Waals surface area contributed by atoms with Gasteiger partial charge in [0.25, 0.3) is 11.9 Å². The smallest absolute Gasteiger partial charge is 0.265 e. The minimum Gasteiger partial charge on any atom is -0.453 e. The van der Waals surface area contributed by atoms with Crippen molar-refractivity contribution in [1.82, 2.24) is 0 Å². The number of ketones is 1. The van der Waals surface area contributed by atoms with Gasteiger partial charge in [-0.05, 0) is 35.9 Å². The number of carbonyl (C=O) groups is 1. The van der Waals surface area contributed by atoms with E-state index in [2.05, 4.69) is 0 Å². The van der Waals surface area contributed by atoms with Crippen molar-refractivity contribution in [3.8, 4) is 5.75 Å². The molecule has 0 unspecified atom stereocenters. The Bertz CT molecular complexity index is 954. The summed E-state index contributed by atoms with van der Waals surface area (Å²) in [7, 11) is 0. The molecule has 5 nitrogen and oxygen atoms in total. The summed E-state index contributed by atoms with van der Waals surface area (Å²) >= 11 is 0.517. The number of hydrogen-bond donors (Lipinski definition) is 0. The number of allylic oxidation sites excluding steroid dienone is 1. The molecule has 0 bridgehead atoms. The van der Waals surface area contributed by atoms with Crippen LogP contribution in [0.5, 0.6) is 5.75 Å². The topological polar surface area (TPSA) is 69.4 Å². The maximum absolute atomic E-state index is 12.9. The third-order valence-corrected chi connectivity index (χ3v) is 4.22. The van der Waals surface area contributed by atoms with Gasteiger partial charge in [0.1, 0.15) is 10.1 Å². The van der Waals surface area contributed by atoms with Crippen molar-refractivity contribution in [2.24, 2.45) is 0 Å². The van der Waals surface area contributed by atoms with Crippen molar-refractivity contribution in [2.75, 3.05) is 0 Å². The molecule has 3 aromatic rings. The Morgan fingerprint density at radius 1 is 0.889 bits per heavy atom. The number of nitrogens with zero attached hydrogens (tertiary/aromatic N) is 1. The van der Waals surface area contributed by atoms with Crippen molar-refractivity contribution in [2.45, 2.75) is 4.90 Å². The predicted octanol–water partition coefficient (Wildman–Crippen LogP) is 5.27. The number of nitro groups is 1. The molecule has 0 aliphatic carbocycles. The Morgan fingerprint density at radius 3 is 2.07 bits per heavy atom. The first-order valence-electron chi connectivity index (χ1n) is 8.08. The lowest BCUT2D eigenvalue weighted by molar-refractivity contribution is -0.284. The van der Waals surface area contributed by atoms with Gasteiger partial charge in [0.15, 0.2) is 5.76 Å². The van der Waals surface area contributed by atoms with E-state index in [1.807, 2.05) is 36.4 Å². The molecule has 6 heteroatoms. The molecule has 0 atom stereocenters. The summed E-state index contributed by atoms with van der Waals surface area (Å²) in [6.07, 6.45) is 1.68. The molecule has 134 valence electrons. The molecule has 0 radical (unpaired) electrons. The van der Waals surface area contributed by atoms with Crippen LogP contribution in [0, 0.1) is 10.1 Å². The van der Waals surface area contributed by atoms with E-state index in [1.54, 1.807) is 54.6 Å². The largest absolute Gasteiger partial charge is 0.453 e. The molecule has 0 saturated carbocycles. The molecule has 3 aromatic carbocycles. The van der Waals surface area contributed by atoms with E-state index >= 15 is 0 Å². The second-order valence-corrected chi connectivity index (χ2v) is 6.45. The average molecular weight is 377 g/mol. The second kappa shape index (κ2) is 8.82. The van der Waals surface area contributed by atoms with Crippen LogP contribution in [0.15, 0.2) is 95.6 Å². The normalized spacial score (nSPS) is 11.0. The van der Waals surface area contributed by atoms with Gasteiger partial charge in [-0.2, -0.15) is 0 Å². The lowest BCUT2D eigenvalue weighted by atomic mass is 10.1. The van der Waals surface area contributed by atoms with Crippen LogP contribution in [0.2, 0.25) is 0 Å². The molecule has 0 amide bonds. The van der Waals surface area contributed by atoms with Gasteiger partial charge in [0.05, 0.1) is 4.90 Å². The molecule has 0 saturated heterocycles. The van der Waals surface area contributed by atoms with Crippen molar-refractivity contribution in [1.29, 1.82) is 0 Å². The maximum atomic E-state index is 12.9. The minimum absolute atomic E-state index is 0.169. The Hall–Kier alpha value is -3.38. The number of rotatable bonds is 7. The fraction of sp³-hybridized carbons (Fsp3) is 0. The Balaban J connectivity index is 1.89. The number of ether oxygens (including phenoxy) is 1. The van der Waals surface area contributed by atoms with Crippen LogP contribution in [-0.2, 0) is 0 Å². The summed E-state index contributed by atoms with van der Waals surface area (Å²) in [5, 5.41) is 10.6. The molecular formula is C21H15NO4S. The van der Waals surface area contributed by atoms with Gasteiger partial charge < -0.3 is 4.74 Å².